The number of nitrogens with one attached hydrogen (secondary N) is 1. The summed E-state index contributed by atoms with van der Waals surface area (Å²) in [5.74, 6) is -0.181. The second-order valence-corrected chi connectivity index (χ2v) is 5.41. The lowest BCUT2D eigenvalue weighted by Crippen LogP contribution is -2.41. The Balaban J connectivity index is 2.23. The van der Waals surface area contributed by atoms with Crippen molar-refractivity contribution < 1.29 is 4.79 Å². The van der Waals surface area contributed by atoms with E-state index in [1.807, 2.05) is 6.07 Å². The molecule has 0 heterocycles. The summed E-state index contributed by atoms with van der Waals surface area (Å²) in [6.45, 7) is 4.76. The van der Waals surface area contributed by atoms with Gasteiger partial charge in [-0.3, -0.25) is 4.79 Å². The van der Waals surface area contributed by atoms with Gasteiger partial charge in [0.25, 0.3) is 0 Å². The molecule has 1 N–H and O–H groups in total. The highest BCUT2D eigenvalue weighted by Crippen LogP contribution is 2.21. The van der Waals surface area contributed by atoms with Crippen LogP contribution in [-0.4, -0.2) is 37.0 Å². The van der Waals surface area contributed by atoms with Crippen LogP contribution in [0.2, 0.25) is 0 Å². The summed E-state index contributed by atoms with van der Waals surface area (Å²) >= 11 is 0. The van der Waals surface area contributed by atoms with Gasteiger partial charge in [-0.15, -0.1) is 0 Å². The Labute approximate surface area is 104 Å². The van der Waals surface area contributed by atoms with Gasteiger partial charge in [-0.2, -0.15) is 5.26 Å². The van der Waals surface area contributed by atoms with Crippen LogP contribution < -0.4 is 5.32 Å². The lowest BCUT2D eigenvalue weighted by molar-refractivity contribution is -0.126. The second-order valence-electron chi connectivity index (χ2n) is 5.41. The fourth-order valence-corrected chi connectivity index (χ4v) is 2.15. The highest BCUT2D eigenvalue weighted by atomic mass is 16.2. The predicted octanol–water partition coefficient (Wildman–Crippen LogP) is 1.53. The Morgan fingerprint density at radius 1 is 1.47 bits per heavy atom. The maximum absolute atomic E-state index is 11.6. The van der Waals surface area contributed by atoms with Crippen molar-refractivity contribution in [3.8, 4) is 6.07 Å². The molecule has 0 aromatic heterocycles. The van der Waals surface area contributed by atoms with Crippen LogP contribution in [0, 0.1) is 16.7 Å². The van der Waals surface area contributed by atoms with Gasteiger partial charge in [0.2, 0.25) is 5.91 Å². The second kappa shape index (κ2) is 6.02. The molecule has 96 valence electrons. The summed E-state index contributed by atoms with van der Waals surface area (Å²) in [6.07, 6.45) is 5.19. The van der Waals surface area contributed by atoms with Crippen molar-refractivity contribution in [3.05, 3.63) is 0 Å². The van der Waals surface area contributed by atoms with E-state index in [2.05, 4.69) is 17.3 Å². The monoisotopic (exact) mass is 237 g/mol. The highest BCUT2D eigenvalue weighted by molar-refractivity contribution is 5.84. The topological polar surface area (TPSA) is 56.1 Å². The van der Waals surface area contributed by atoms with Crippen LogP contribution in [-0.2, 0) is 4.79 Å². The van der Waals surface area contributed by atoms with Crippen molar-refractivity contribution in [1.29, 1.82) is 5.26 Å². The lowest BCUT2D eigenvalue weighted by atomic mass is 9.95. The van der Waals surface area contributed by atoms with E-state index in [9.17, 15) is 4.79 Å². The van der Waals surface area contributed by atoms with Crippen molar-refractivity contribution in [2.24, 2.45) is 5.41 Å². The zero-order valence-electron chi connectivity index (χ0n) is 11.1. The first kappa shape index (κ1) is 14.0. The fourth-order valence-electron chi connectivity index (χ4n) is 2.15. The van der Waals surface area contributed by atoms with Gasteiger partial charge in [0.15, 0.2) is 0 Å². The van der Waals surface area contributed by atoms with Crippen molar-refractivity contribution in [2.45, 2.75) is 45.6 Å². The Hall–Kier alpha value is -1.08. The Kier molecular flexibility index (Phi) is 4.95. The molecule has 1 rings (SSSR count). The van der Waals surface area contributed by atoms with E-state index >= 15 is 0 Å². The SMILES string of the molecule is CN(CCNC(=O)C(C)(C)C#N)C1CCCC1. The molecule has 4 heteroatoms. The summed E-state index contributed by atoms with van der Waals surface area (Å²) in [6, 6.07) is 2.69. The molecule has 1 amide bonds. The molecule has 1 aliphatic carbocycles. The van der Waals surface area contributed by atoms with E-state index in [0.717, 1.165) is 6.54 Å². The molecule has 0 aromatic carbocycles. The number of hydrogen-bond donors (Lipinski definition) is 1. The first-order valence-electron chi connectivity index (χ1n) is 6.37. The number of nitrogens with zero attached hydrogens (tertiary/aromatic N) is 2. The number of rotatable bonds is 5. The van der Waals surface area contributed by atoms with E-state index in [-0.39, 0.29) is 5.91 Å². The maximum Gasteiger partial charge on any atom is 0.239 e. The largest absolute Gasteiger partial charge is 0.353 e. The Bertz CT molecular complexity index is 300. The summed E-state index contributed by atoms with van der Waals surface area (Å²) in [4.78, 5) is 14.0. The molecule has 0 aromatic rings. The normalized spacial score (nSPS) is 17.1. The average molecular weight is 237 g/mol. The van der Waals surface area contributed by atoms with E-state index in [0.29, 0.717) is 12.6 Å². The third-order valence-corrected chi connectivity index (χ3v) is 3.55. The van der Waals surface area contributed by atoms with Crippen molar-refractivity contribution >= 4 is 5.91 Å². The molecule has 0 atom stereocenters. The fraction of sp³-hybridized carbons (Fsp3) is 0.846. The van der Waals surface area contributed by atoms with Crippen molar-refractivity contribution in [1.82, 2.24) is 10.2 Å². The number of amides is 1. The smallest absolute Gasteiger partial charge is 0.239 e. The molecule has 0 aliphatic heterocycles. The first-order chi connectivity index (χ1) is 7.97. The quantitative estimate of drug-likeness (QED) is 0.789. The summed E-state index contributed by atoms with van der Waals surface area (Å²) in [5, 5.41) is 11.6. The van der Waals surface area contributed by atoms with Gasteiger partial charge in [-0.1, -0.05) is 12.8 Å². The minimum Gasteiger partial charge on any atom is -0.353 e. The number of likely N-dealkylation sites (N-methyl/N-ethyl adjacent to an activating group) is 1. The van der Waals surface area contributed by atoms with Crippen LogP contribution in [0.5, 0.6) is 0 Å². The van der Waals surface area contributed by atoms with Gasteiger partial charge in [-0.05, 0) is 33.7 Å². The molecule has 4 nitrogen and oxygen atoms in total. The highest BCUT2D eigenvalue weighted by Gasteiger charge is 2.27. The molecule has 0 spiro atoms. The third kappa shape index (κ3) is 4.01. The first-order valence-corrected chi connectivity index (χ1v) is 6.37. The van der Waals surface area contributed by atoms with Gasteiger partial charge in [0.1, 0.15) is 5.41 Å². The number of carbonyl (C=O) groups excluding carboxylic acids is 1. The molecule has 0 radical (unpaired) electrons. The Morgan fingerprint density at radius 2 is 2.06 bits per heavy atom. The van der Waals surface area contributed by atoms with Crippen molar-refractivity contribution in [3.63, 3.8) is 0 Å². The van der Waals surface area contributed by atoms with Gasteiger partial charge < -0.3 is 10.2 Å². The minimum absolute atomic E-state index is 0.181. The minimum atomic E-state index is -0.925. The van der Waals surface area contributed by atoms with E-state index in [4.69, 9.17) is 5.26 Å². The van der Waals surface area contributed by atoms with Crippen LogP contribution >= 0.6 is 0 Å². The molecule has 0 saturated heterocycles. The molecule has 1 fully saturated rings. The van der Waals surface area contributed by atoms with Gasteiger partial charge in [0.05, 0.1) is 6.07 Å². The Morgan fingerprint density at radius 3 is 2.59 bits per heavy atom. The molecule has 0 unspecified atom stereocenters. The zero-order chi connectivity index (χ0) is 12.9. The van der Waals surface area contributed by atoms with Gasteiger partial charge in [0, 0.05) is 19.1 Å². The van der Waals surface area contributed by atoms with Crippen LogP contribution in [0.1, 0.15) is 39.5 Å². The van der Waals surface area contributed by atoms with Crippen molar-refractivity contribution in [2.75, 3.05) is 20.1 Å². The number of nitriles is 1. The van der Waals surface area contributed by atoms with Crippen LogP contribution in [0.15, 0.2) is 0 Å². The zero-order valence-corrected chi connectivity index (χ0v) is 11.1. The lowest BCUT2D eigenvalue weighted by Gasteiger charge is -2.24. The average Bonchev–Trinajstić information content (AvgIpc) is 2.82. The van der Waals surface area contributed by atoms with Crippen LogP contribution in [0.3, 0.4) is 0 Å². The summed E-state index contributed by atoms with van der Waals surface area (Å²) in [5.41, 5.74) is -0.925. The maximum atomic E-state index is 11.6. The van der Waals surface area contributed by atoms with E-state index in [1.165, 1.54) is 25.7 Å². The predicted molar refractivity (Wildman–Crippen MR) is 67.3 cm³/mol. The van der Waals surface area contributed by atoms with E-state index < -0.39 is 5.41 Å². The number of hydrogen-bond acceptors (Lipinski definition) is 3. The summed E-state index contributed by atoms with van der Waals surface area (Å²) < 4.78 is 0. The molecule has 1 saturated carbocycles. The van der Waals surface area contributed by atoms with Gasteiger partial charge in [-0.25, -0.2) is 0 Å². The molecule has 17 heavy (non-hydrogen) atoms. The van der Waals surface area contributed by atoms with Crippen LogP contribution in [0.25, 0.3) is 0 Å². The molecular weight excluding hydrogens is 214 g/mol. The van der Waals surface area contributed by atoms with E-state index in [1.54, 1.807) is 13.8 Å². The molecule has 0 bridgehead atoms. The van der Waals surface area contributed by atoms with Gasteiger partial charge >= 0.3 is 0 Å². The number of carbonyl (C=O) groups is 1. The molecule has 1 aliphatic rings. The third-order valence-electron chi connectivity index (χ3n) is 3.55. The molecular formula is C13H23N3O. The van der Waals surface area contributed by atoms with Crippen LogP contribution in [0.4, 0.5) is 0 Å². The summed E-state index contributed by atoms with van der Waals surface area (Å²) in [7, 11) is 2.11. The standard InChI is InChI=1S/C13H23N3O/c1-13(2,10-14)12(17)15-8-9-16(3)11-6-4-5-7-11/h11H,4-9H2,1-3H3,(H,15,17).